The molecule has 5 heteroatoms. The molecule has 0 radical (unpaired) electrons. The van der Waals surface area contributed by atoms with E-state index in [0.29, 0.717) is 11.5 Å². The summed E-state index contributed by atoms with van der Waals surface area (Å²) in [6, 6.07) is 8.64. The molecule has 1 N–H and O–H groups in total. The molecule has 2 aliphatic rings. The smallest absolute Gasteiger partial charge is 0.193 e. The summed E-state index contributed by atoms with van der Waals surface area (Å²) in [6.07, 6.45) is 5.52. The third-order valence-corrected chi connectivity index (χ3v) is 5.94. The number of hydrogen-bond acceptors (Lipinski definition) is 3. The summed E-state index contributed by atoms with van der Waals surface area (Å²) in [4.78, 5) is 9.23. The third-order valence-electron chi connectivity index (χ3n) is 5.94. The Morgan fingerprint density at radius 1 is 1.28 bits per heavy atom. The van der Waals surface area contributed by atoms with Gasteiger partial charge in [0, 0.05) is 26.7 Å². The Morgan fingerprint density at radius 3 is 2.48 bits per heavy atom. The molecular weight excluding hydrogens is 312 g/mol. The van der Waals surface area contributed by atoms with E-state index in [1.807, 2.05) is 19.2 Å². The Bertz CT molecular complexity index is 592. The van der Waals surface area contributed by atoms with Crippen molar-refractivity contribution >= 4 is 5.96 Å². The molecule has 1 aromatic carbocycles. The number of aliphatic imine (C=N–C) groups is 1. The molecule has 0 bridgehead atoms. The van der Waals surface area contributed by atoms with E-state index in [4.69, 9.17) is 4.74 Å². The monoisotopic (exact) mass is 344 g/mol. The number of hydrogen-bond donors (Lipinski definition) is 1. The highest BCUT2D eigenvalue weighted by atomic mass is 16.5. The van der Waals surface area contributed by atoms with Gasteiger partial charge in [-0.3, -0.25) is 4.99 Å². The predicted molar refractivity (Wildman–Crippen MR) is 103 cm³/mol. The molecule has 5 nitrogen and oxygen atoms in total. The summed E-state index contributed by atoms with van der Waals surface area (Å²) in [5.41, 5.74) is 1.87. The van der Waals surface area contributed by atoms with Crippen LogP contribution < -0.4 is 10.1 Å². The number of nitrogens with one attached hydrogen (secondary N) is 1. The minimum Gasteiger partial charge on any atom is -0.497 e. The average molecular weight is 345 g/mol. The van der Waals surface area contributed by atoms with E-state index >= 15 is 0 Å². The van der Waals surface area contributed by atoms with Crippen LogP contribution in [0.2, 0.25) is 0 Å². The second-order valence-electron chi connectivity index (χ2n) is 7.71. The molecule has 0 amide bonds. The lowest BCUT2D eigenvalue weighted by atomic mass is 9.68. The van der Waals surface area contributed by atoms with E-state index in [1.54, 1.807) is 7.11 Å². The Balaban J connectivity index is 1.61. The van der Waals surface area contributed by atoms with Crippen molar-refractivity contribution in [1.29, 1.82) is 0 Å². The molecule has 3 rings (SSSR count). The molecule has 1 spiro atoms. The molecule has 1 saturated carbocycles. The van der Waals surface area contributed by atoms with Crippen LogP contribution in [0.25, 0.3) is 0 Å². The van der Waals surface area contributed by atoms with Gasteiger partial charge in [0.25, 0.3) is 0 Å². The lowest BCUT2D eigenvalue weighted by Gasteiger charge is -2.38. The summed E-state index contributed by atoms with van der Waals surface area (Å²) in [7, 11) is 7.85. The summed E-state index contributed by atoms with van der Waals surface area (Å²) >= 11 is 0. The number of likely N-dealkylation sites (N-methyl/N-ethyl adjacent to an activating group) is 1. The van der Waals surface area contributed by atoms with Gasteiger partial charge in [-0.25, -0.2) is 0 Å². The largest absolute Gasteiger partial charge is 0.497 e. The fourth-order valence-corrected chi connectivity index (χ4v) is 4.15. The summed E-state index contributed by atoms with van der Waals surface area (Å²) < 4.78 is 5.27. The number of guanidine groups is 1. The van der Waals surface area contributed by atoms with Gasteiger partial charge < -0.3 is 19.9 Å². The fraction of sp³-hybridized carbons (Fsp3) is 0.650. The topological polar surface area (TPSA) is 40.1 Å². The molecule has 1 aliphatic heterocycles. The van der Waals surface area contributed by atoms with Gasteiger partial charge in [0.05, 0.1) is 13.2 Å². The second kappa shape index (κ2) is 7.65. The normalized spacial score (nSPS) is 20.7. The van der Waals surface area contributed by atoms with Gasteiger partial charge in [-0.1, -0.05) is 18.6 Å². The molecule has 138 valence electrons. The standard InChI is InChI=1S/C20H32N4O/c1-21-19(24-13-12-20(15-24)10-5-11-20)22-14-18(23(2)3)16-6-8-17(25-4)9-7-16/h6-9,18H,5,10-15H2,1-4H3,(H,21,22). The number of rotatable bonds is 5. The summed E-state index contributed by atoms with van der Waals surface area (Å²) in [5.74, 6) is 1.94. The molecule has 1 unspecified atom stereocenters. The molecule has 0 aromatic heterocycles. The van der Waals surface area contributed by atoms with E-state index in [0.717, 1.165) is 24.8 Å². The van der Waals surface area contributed by atoms with Gasteiger partial charge in [0.15, 0.2) is 5.96 Å². The average Bonchev–Trinajstić information content (AvgIpc) is 3.04. The van der Waals surface area contributed by atoms with Crippen molar-refractivity contribution in [3.05, 3.63) is 29.8 Å². The Morgan fingerprint density at radius 2 is 2.00 bits per heavy atom. The van der Waals surface area contributed by atoms with E-state index in [9.17, 15) is 0 Å². The number of benzene rings is 1. The molecule has 25 heavy (non-hydrogen) atoms. The van der Waals surface area contributed by atoms with Crippen LogP contribution in [0, 0.1) is 5.41 Å². The number of methoxy groups -OCH3 is 1. The van der Waals surface area contributed by atoms with Crippen molar-refractivity contribution in [3.8, 4) is 5.75 Å². The zero-order chi connectivity index (χ0) is 17.9. The van der Waals surface area contributed by atoms with E-state index < -0.39 is 0 Å². The number of ether oxygens (including phenoxy) is 1. The first-order valence-corrected chi connectivity index (χ1v) is 9.33. The molecule has 1 saturated heterocycles. The van der Waals surface area contributed by atoms with Crippen LogP contribution in [0.15, 0.2) is 29.3 Å². The van der Waals surface area contributed by atoms with E-state index in [-0.39, 0.29) is 0 Å². The maximum absolute atomic E-state index is 5.27. The highest BCUT2D eigenvalue weighted by Crippen LogP contribution is 2.47. The molecule has 2 fully saturated rings. The van der Waals surface area contributed by atoms with Crippen LogP contribution in [0.5, 0.6) is 5.75 Å². The first-order chi connectivity index (χ1) is 12.1. The van der Waals surface area contributed by atoms with Crippen molar-refractivity contribution in [2.24, 2.45) is 10.4 Å². The molecule has 1 aromatic rings. The Labute approximate surface area is 152 Å². The van der Waals surface area contributed by atoms with Gasteiger partial charge in [-0.2, -0.15) is 0 Å². The van der Waals surface area contributed by atoms with Crippen LogP contribution in [-0.4, -0.2) is 63.6 Å². The summed E-state index contributed by atoms with van der Waals surface area (Å²) in [6.45, 7) is 3.15. The van der Waals surface area contributed by atoms with Crippen molar-refractivity contribution in [1.82, 2.24) is 15.1 Å². The number of nitrogens with zero attached hydrogens (tertiary/aromatic N) is 3. The highest BCUT2D eigenvalue weighted by molar-refractivity contribution is 5.80. The first-order valence-electron chi connectivity index (χ1n) is 9.33. The fourth-order valence-electron chi connectivity index (χ4n) is 4.15. The lowest BCUT2D eigenvalue weighted by molar-refractivity contribution is 0.151. The second-order valence-corrected chi connectivity index (χ2v) is 7.71. The van der Waals surface area contributed by atoms with Crippen LogP contribution in [0.3, 0.4) is 0 Å². The maximum Gasteiger partial charge on any atom is 0.193 e. The minimum atomic E-state index is 0.294. The Hall–Kier alpha value is -1.75. The third kappa shape index (κ3) is 3.92. The minimum absolute atomic E-state index is 0.294. The van der Waals surface area contributed by atoms with Crippen LogP contribution >= 0.6 is 0 Å². The number of likely N-dealkylation sites (tertiary alicyclic amines) is 1. The molecular formula is C20H32N4O. The van der Waals surface area contributed by atoms with Gasteiger partial charge in [-0.05, 0) is 56.5 Å². The van der Waals surface area contributed by atoms with Crippen LogP contribution in [0.1, 0.15) is 37.3 Å². The quantitative estimate of drug-likeness (QED) is 0.659. The van der Waals surface area contributed by atoms with Crippen molar-refractivity contribution < 1.29 is 4.74 Å². The van der Waals surface area contributed by atoms with Gasteiger partial charge in [0.2, 0.25) is 0 Å². The lowest BCUT2D eigenvalue weighted by Crippen LogP contribution is -2.45. The van der Waals surface area contributed by atoms with Gasteiger partial charge in [-0.15, -0.1) is 0 Å². The maximum atomic E-state index is 5.27. The molecule has 1 atom stereocenters. The van der Waals surface area contributed by atoms with Gasteiger partial charge >= 0.3 is 0 Å². The van der Waals surface area contributed by atoms with Gasteiger partial charge in [0.1, 0.15) is 5.75 Å². The molecule has 1 heterocycles. The first kappa shape index (κ1) is 18.1. The van der Waals surface area contributed by atoms with Crippen molar-refractivity contribution in [2.75, 3.05) is 47.9 Å². The van der Waals surface area contributed by atoms with Crippen LogP contribution in [0.4, 0.5) is 0 Å². The molecule has 1 aliphatic carbocycles. The van der Waals surface area contributed by atoms with Crippen molar-refractivity contribution in [3.63, 3.8) is 0 Å². The summed E-state index contributed by atoms with van der Waals surface area (Å²) in [5, 5.41) is 3.61. The van der Waals surface area contributed by atoms with Crippen molar-refractivity contribution in [2.45, 2.75) is 31.7 Å². The zero-order valence-electron chi connectivity index (χ0n) is 16.1. The predicted octanol–water partition coefficient (Wildman–Crippen LogP) is 2.75. The SMILES string of the molecule is CN=C(NCC(c1ccc(OC)cc1)N(C)C)N1CCC2(CCC2)C1. The highest BCUT2D eigenvalue weighted by Gasteiger charge is 2.43. The van der Waals surface area contributed by atoms with E-state index in [2.05, 4.69) is 46.3 Å². The Kier molecular flexibility index (Phi) is 5.52. The van der Waals surface area contributed by atoms with Crippen LogP contribution in [-0.2, 0) is 0 Å². The van der Waals surface area contributed by atoms with E-state index in [1.165, 1.54) is 37.8 Å². The zero-order valence-corrected chi connectivity index (χ0v) is 16.1.